The zero-order chi connectivity index (χ0) is 23.0. The lowest BCUT2D eigenvalue weighted by Gasteiger charge is -2.22. The largest absolute Gasteiger partial charge is 0.395 e. The van der Waals surface area contributed by atoms with Crippen molar-refractivity contribution in [2.75, 3.05) is 6.61 Å². The molecule has 0 saturated carbocycles. The first-order chi connectivity index (χ1) is 15.2. The number of aliphatic hydroxyl groups excluding tert-OH is 1. The fourth-order valence-electron chi connectivity index (χ4n) is 3.64. The molecule has 0 fully saturated rings. The number of alkyl halides is 1. The van der Waals surface area contributed by atoms with Crippen LogP contribution in [0.3, 0.4) is 0 Å². The third-order valence-corrected chi connectivity index (χ3v) is 6.71. The number of benzene rings is 1. The first-order valence-corrected chi connectivity index (χ1v) is 11.3. The maximum atomic E-state index is 14.1. The van der Waals surface area contributed by atoms with Gasteiger partial charge in [0.2, 0.25) is 5.91 Å². The van der Waals surface area contributed by atoms with E-state index in [1.807, 2.05) is 0 Å². The molecule has 4 rings (SSSR count). The minimum absolute atomic E-state index is 0.0280. The van der Waals surface area contributed by atoms with Gasteiger partial charge in [-0.15, -0.1) is 0 Å². The Morgan fingerprint density at radius 3 is 2.66 bits per heavy atom. The Balaban J connectivity index is 1.52. The molecular weight excluding hydrogens is 444 g/mol. The average molecular weight is 465 g/mol. The van der Waals surface area contributed by atoms with Crippen molar-refractivity contribution in [3.05, 3.63) is 65.5 Å². The number of halogens is 2. The fraction of sp³-hybridized carbons (Fsp3) is 0.350. The van der Waals surface area contributed by atoms with Crippen LogP contribution in [-0.4, -0.2) is 56.1 Å². The van der Waals surface area contributed by atoms with Gasteiger partial charge in [0.1, 0.15) is 16.9 Å². The highest BCUT2D eigenvalue weighted by molar-refractivity contribution is 7.89. The van der Waals surface area contributed by atoms with Crippen molar-refractivity contribution in [2.45, 2.75) is 43.5 Å². The molecule has 1 aliphatic heterocycles. The maximum Gasteiger partial charge on any atom is 0.286 e. The molecule has 0 aliphatic carbocycles. The van der Waals surface area contributed by atoms with Crippen molar-refractivity contribution < 1.29 is 27.1 Å². The van der Waals surface area contributed by atoms with Gasteiger partial charge < -0.3 is 10.0 Å². The van der Waals surface area contributed by atoms with Crippen LogP contribution in [0.2, 0.25) is 0 Å². The van der Waals surface area contributed by atoms with Crippen LogP contribution in [-0.2, 0) is 34.5 Å². The van der Waals surface area contributed by atoms with Crippen molar-refractivity contribution in [3.63, 3.8) is 0 Å². The second-order valence-corrected chi connectivity index (χ2v) is 9.40. The lowest BCUT2D eigenvalue weighted by atomic mass is 9.98. The van der Waals surface area contributed by atoms with Gasteiger partial charge in [-0.05, 0) is 13.0 Å². The molecule has 0 radical (unpaired) electrons. The summed E-state index contributed by atoms with van der Waals surface area (Å²) in [6.45, 7) is 0.808. The zero-order valence-electron chi connectivity index (χ0n) is 17.1. The summed E-state index contributed by atoms with van der Waals surface area (Å²) in [5.41, 5.74) is 1.01. The minimum Gasteiger partial charge on any atom is -0.395 e. The van der Waals surface area contributed by atoms with Gasteiger partial charge >= 0.3 is 0 Å². The van der Waals surface area contributed by atoms with Gasteiger partial charge in [0, 0.05) is 30.1 Å². The normalized spacial score (nSPS) is 15.6. The third kappa shape index (κ3) is 4.02. The summed E-state index contributed by atoms with van der Waals surface area (Å²) >= 11 is 0. The SMILES string of the molecule is CC(F)Cn1cc(S(=O)(=O)n2cc3c(n2)CN(C(=O)[C@H](CO)c2ccccc2F)C3)cn1. The van der Waals surface area contributed by atoms with Crippen LogP contribution < -0.4 is 0 Å². The molecule has 0 bridgehead atoms. The molecule has 0 saturated heterocycles. The number of amides is 1. The number of carbonyl (C=O) groups excluding carboxylic acids is 1. The summed E-state index contributed by atoms with van der Waals surface area (Å²) in [6.07, 6.45) is 2.48. The quantitative estimate of drug-likeness (QED) is 0.565. The molecule has 1 amide bonds. The number of aromatic nitrogens is 4. The highest BCUT2D eigenvalue weighted by Gasteiger charge is 2.34. The van der Waals surface area contributed by atoms with E-state index in [9.17, 15) is 27.1 Å². The standard InChI is InChI=1S/C20H21F2N5O4S/c1-13(21)7-26-10-15(6-23-26)32(30,31)27-9-14-8-25(11-19(14)24-27)20(29)17(12-28)16-4-2-3-5-18(16)22/h2-6,9-10,13,17,28H,7-8,11-12H2,1H3/t13?,17-/m1/s1. The van der Waals surface area contributed by atoms with Crippen molar-refractivity contribution >= 4 is 15.9 Å². The van der Waals surface area contributed by atoms with Gasteiger partial charge in [-0.25, -0.2) is 8.78 Å². The number of fused-ring (bicyclic) bond motifs is 1. The Kier molecular flexibility index (Phi) is 5.82. The minimum atomic E-state index is -4.03. The summed E-state index contributed by atoms with van der Waals surface area (Å²) in [6, 6.07) is 5.74. The summed E-state index contributed by atoms with van der Waals surface area (Å²) in [7, 11) is -4.03. The van der Waals surface area contributed by atoms with Gasteiger partial charge in [0.15, 0.2) is 0 Å². The summed E-state index contributed by atoms with van der Waals surface area (Å²) in [5.74, 6) is -2.14. The number of rotatable bonds is 7. The topological polar surface area (TPSA) is 110 Å². The predicted molar refractivity (Wildman–Crippen MR) is 108 cm³/mol. The van der Waals surface area contributed by atoms with Crippen LogP contribution >= 0.6 is 0 Å². The van der Waals surface area contributed by atoms with Gasteiger partial charge in [-0.2, -0.15) is 22.7 Å². The molecule has 9 nitrogen and oxygen atoms in total. The lowest BCUT2D eigenvalue weighted by molar-refractivity contribution is -0.134. The van der Waals surface area contributed by atoms with Crippen LogP contribution in [0.5, 0.6) is 0 Å². The highest BCUT2D eigenvalue weighted by Crippen LogP contribution is 2.28. The Morgan fingerprint density at radius 1 is 1.25 bits per heavy atom. The van der Waals surface area contributed by atoms with Crippen molar-refractivity contribution in [3.8, 4) is 0 Å². The predicted octanol–water partition coefficient (Wildman–Crippen LogP) is 1.43. The molecule has 3 aromatic rings. The van der Waals surface area contributed by atoms with Crippen molar-refractivity contribution in [1.29, 1.82) is 0 Å². The van der Waals surface area contributed by atoms with Crippen molar-refractivity contribution in [1.82, 2.24) is 23.9 Å². The van der Waals surface area contributed by atoms with E-state index in [1.165, 1.54) is 47.1 Å². The van der Waals surface area contributed by atoms with E-state index in [0.717, 1.165) is 10.3 Å². The summed E-state index contributed by atoms with van der Waals surface area (Å²) < 4.78 is 54.9. The molecule has 2 aromatic heterocycles. The van der Waals surface area contributed by atoms with E-state index >= 15 is 0 Å². The third-order valence-electron chi connectivity index (χ3n) is 5.22. The van der Waals surface area contributed by atoms with Crippen LogP contribution in [0.4, 0.5) is 8.78 Å². The molecule has 1 N–H and O–H groups in total. The highest BCUT2D eigenvalue weighted by atomic mass is 32.2. The summed E-state index contributed by atoms with van der Waals surface area (Å²) in [4.78, 5) is 14.2. The number of hydrogen-bond donors (Lipinski definition) is 1. The molecule has 1 aliphatic rings. The number of hydrogen-bond acceptors (Lipinski definition) is 6. The van der Waals surface area contributed by atoms with E-state index in [1.54, 1.807) is 6.07 Å². The number of nitrogens with zero attached hydrogens (tertiary/aromatic N) is 5. The van der Waals surface area contributed by atoms with Gasteiger partial charge in [-0.1, -0.05) is 18.2 Å². The van der Waals surface area contributed by atoms with Crippen LogP contribution in [0.25, 0.3) is 0 Å². The van der Waals surface area contributed by atoms with E-state index in [-0.39, 0.29) is 30.1 Å². The molecule has 0 spiro atoms. The second-order valence-electron chi connectivity index (χ2n) is 7.61. The summed E-state index contributed by atoms with van der Waals surface area (Å²) in [5, 5.41) is 17.7. The van der Waals surface area contributed by atoms with E-state index < -0.39 is 40.4 Å². The average Bonchev–Trinajstić information content (AvgIpc) is 3.44. The Hall–Kier alpha value is -3.12. The first-order valence-electron chi connectivity index (χ1n) is 9.84. The molecular formula is C20H21F2N5O4S. The molecule has 2 atom stereocenters. The van der Waals surface area contributed by atoms with Crippen LogP contribution in [0, 0.1) is 5.82 Å². The van der Waals surface area contributed by atoms with Gasteiger partial charge in [-0.3, -0.25) is 9.48 Å². The monoisotopic (exact) mass is 465 g/mol. The number of carbonyl (C=O) groups is 1. The van der Waals surface area contributed by atoms with Gasteiger partial charge in [0.05, 0.1) is 37.5 Å². The lowest BCUT2D eigenvalue weighted by Crippen LogP contribution is -2.33. The van der Waals surface area contributed by atoms with E-state index in [4.69, 9.17) is 0 Å². The smallest absolute Gasteiger partial charge is 0.286 e. The van der Waals surface area contributed by atoms with Gasteiger partial charge in [0.25, 0.3) is 10.0 Å². The molecule has 12 heteroatoms. The van der Waals surface area contributed by atoms with Crippen LogP contribution in [0.1, 0.15) is 29.7 Å². The zero-order valence-corrected chi connectivity index (χ0v) is 17.9. The molecule has 32 heavy (non-hydrogen) atoms. The van der Waals surface area contributed by atoms with Crippen molar-refractivity contribution in [2.24, 2.45) is 0 Å². The Labute approximate surface area is 182 Å². The Bertz CT molecular complexity index is 1230. The maximum absolute atomic E-state index is 14.1. The Morgan fingerprint density at radius 2 is 2.00 bits per heavy atom. The molecule has 1 aromatic carbocycles. The molecule has 1 unspecified atom stereocenters. The molecule has 170 valence electrons. The van der Waals surface area contributed by atoms with Crippen LogP contribution in [0.15, 0.2) is 47.8 Å². The van der Waals surface area contributed by atoms with E-state index in [2.05, 4.69) is 10.2 Å². The molecule has 3 heterocycles. The first kappa shape index (κ1) is 22.1. The van der Waals surface area contributed by atoms with E-state index in [0.29, 0.717) is 11.3 Å². The number of aliphatic hydroxyl groups is 1. The fourth-order valence-corrected chi connectivity index (χ4v) is 4.76. The second kappa shape index (κ2) is 8.43.